The first-order valence-corrected chi connectivity index (χ1v) is 7.80. The fraction of sp³-hybridized carbons (Fsp3) is 0.200. The molecule has 0 aliphatic rings. The van der Waals surface area contributed by atoms with Crippen LogP contribution < -0.4 is 5.32 Å². The van der Waals surface area contributed by atoms with Crippen molar-refractivity contribution < 1.29 is 4.79 Å². The Labute approximate surface area is 142 Å². The third-order valence-electron chi connectivity index (χ3n) is 3.43. The highest BCUT2D eigenvalue weighted by Gasteiger charge is 2.06. The number of allylic oxidation sites excluding steroid dienone is 5. The third-order valence-corrected chi connectivity index (χ3v) is 3.43. The Balaban J connectivity index is 2.32. The normalized spacial score (nSPS) is 11.8. The van der Waals surface area contributed by atoms with Crippen molar-refractivity contribution in [1.29, 1.82) is 0 Å². The maximum absolute atomic E-state index is 11.7. The summed E-state index contributed by atoms with van der Waals surface area (Å²) in [6.07, 6.45) is 9.88. The highest BCUT2D eigenvalue weighted by Crippen LogP contribution is 2.23. The summed E-state index contributed by atoms with van der Waals surface area (Å²) < 4.78 is 0. The van der Waals surface area contributed by atoms with Gasteiger partial charge in [0.1, 0.15) is 5.65 Å². The molecule has 4 nitrogen and oxygen atoms in total. The summed E-state index contributed by atoms with van der Waals surface area (Å²) in [5.74, 6) is 4.99. The van der Waals surface area contributed by atoms with E-state index in [1.165, 1.54) is 0 Å². The molecule has 122 valence electrons. The SMILES string of the molecule is C=C/C=C(\C=C(/C)NC(=O)C#CCC)c1cnc2[nH]cc(C)c2c1. The van der Waals surface area contributed by atoms with Crippen LogP contribution in [-0.4, -0.2) is 15.9 Å². The van der Waals surface area contributed by atoms with Crippen molar-refractivity contribution in [2.24, 2.45) is 0 Å². The maximum Gasteiger partial charge on any atom is 0.300 e. The number of carbonyl (C=O) groups is 1. The minimum Gasteiger partial charge on any atom is -0.346 e. The molecule has 2 aromatic rings. The van der Waals surface area contributed by atoms with Crippen molar-refractivity contribution in [3.05, 3.63) is 60.1 Å². The van der Waals surface area contributed by atoms with E-state index in [0.717, 1.165) is 27.7 Å². The number of hydrogen-bond acceptors (Lipinski definition) is 2. The summed E-state index contributed by atoms with van der Waals surface area (Å²) >= 11 is 0. The molecule has 0 saturated heterocycles. The molecule has 0 aliphatic heterocycles. The molecule has 1 amide bonds. The average Bonchev–Trinajstić information content (AvgIpc) is 2.93. The number of pyridine rings is 1. The molecule has 2 aromatic heterocycles. The smallest absolute Gasteiger partial charge is 0.300 e. The predicted octanol–water partition coefficient (Wildman–Crippen LogP) is 3.87. The van der Waals surface area contributed by atoms with Crippen molar-refractivity contribution in [3.8, 4) is 11.8 Å². The Morgan fingerprint density at radius 1 is 1.50 bits per heavy atom. The van der Waals surface area contributed by atoms with Gasteiger partial charge in [-0.1, -0.05) is 31.6 Å². The van der Waals surface area contributed by atoms with Crippen LogP contribution in [0.1, 0.15) is 31.4 Å². The Bertz CT molecular complexity index is 888. The van der Waals surface area contributed by atoms with Crippen LogP contribution in [0.15, 0.2) is 49.0 Å². The molecule has 0 bridgehead atoms. The van der Waals surface area contributed by atoms with Gasteiger partial charge in [0.2, 0.25) is 0 Å². The lowest BCUT2D eigenvalue weighted by atomic mass is 10.0. The zero-order valence-electron chi connectivity index (χ0n) is 14.2. The number of rotatable bonds is 4. The molecule has 0 aromatic carbocycles. The van der Waals surface area contributed by atoms with E-state index < -0.39 is 0 Å². The van der Waals surface area contributed by atoms with Crippen LogP contribution in [0.2, 0.25) is 0 Å². The first-order chi connectivity index (χ1) is 11.5. The number of aryl methyl sites for hydroxylation is 1. The second-order valence-corrected chi connectivity index (χ2v) is 5.39. The molecule has 0 fully saturated rings. The molecular formula is C20H21N3O. The molecule has 4 heteroatoms. The fourth-order valence-corrected chi connectivity index (χ4v) is 2.30. The molecule has 0 radical (unpaired) electrons. The number of aromatic nitrogens is 2. The van der Waals surface area contributed by atoms with E-state index in [1.807, 2.05) is 39.1 Å². The van der Waals surface area contributed by atoms with Crippen molar-refractivity contribution in [3.63, 3.8) is 0 Å². The van der Waals surface area contributed by atoms with Crippen molar-refractivity contribution in [2.75, 3.05) is 0 Å². The van der Waals surface area contributed by atoms with Gasteiger partial charge in [0.25, 0.3) is 5.91 Å². The molecular weight excluding hydrogens is 298 g/mol. The largest absolute Gasteiger partial charge is 0.346 e. The maximum atomic E-state index is 11.7. The number of nitrogens with one attached hydrogen (secondary N) is 2. The second kappa shape index (κ2) is 7.98. The lowest BCUT2D eigenvalue weighted by molar-refractivity contribution is -0.115. The van der Waals surface area contributed by atoms with Crippen molar-refractivity contribution in [2.45, 2.75) is 27.2 Å². The van der Waals surface area contributed by atoms with Gasteiger partial charge in [-0.2, -0.15) is 0 Å². The summed E-state index contributed by atoms with van der Waals surface area (Å²) in [6.45, 7) is 9.53. The topological polar surface area (TPSA) is 57.8 Å². The minimum atomic E-state index is -0.307. The summed E-state index contributed by atoms with van der Waals surface area (Å²) in [5, 5.41) is 3.84. The predicted molar refractivity (Wildman–Crippen MR) is 99.0 cm³/mol. The molecule has 2 N–H and O–H groups in total. The van der Waals surface area contributed by atoms with Crippen LogP contribution in [0.3, 0.4) is 0 Å². The summed E-state index contributed by atoms with van der Waals surface area (Å²) in [7, 11) is 0. The van der Waals surface area contributed by atoms with Gasteiger partial charge < -0.3 is 10.3 Å². The summed E-state index contributed by atoms with van der Waals surface area (Å²) in [6, 6.07) is 2.08. The van der Waals surface area contributed by atoms with Crippen LogP contribution in [-0.2, 0) is 4.79 Å². The molecule has 2 rings (SSSR count). The van der Waals surface area contributed by atoms with Crippen LogP contribution in [0, 0.1) is 18.8 Å². The highest BCUT2D eigenvalue weighted by molar-refractivity contribution is 5.95. The zero-order chi connectivity index (χ0) is 17.5. The quantitative estimate of drug-likeness (QED) is 0.664. The fourth-order valence-electron chi connectivity index (χ4n) is 2.30. The van der Waals surface area contributed by atoms with Gasteiger partial charge >= 0.3 is 0 Å². The van der Waals surface area contributed by atoms with Crippen LogP contribution >= 0.6 is 0 Å². The van der Waals surface area contributed by atoms with Gasteiger partial charge in [-0.05, 0) is 43.0 Å². The van der Waals surface area contributed by atoms with Gasteiger partial charge in [-0.25, -0.2) is 4.98 Å². The van der Waals surface area contributed by atoms with Gasteiger partial charge in [0.05, 0.1) is 0 Å². The van der Waals surface area contributed by atoms with Gasteiger partial charge in [0, 0.05) is 35.5 Å². The van der Waals surface area contributed by atoms with Crippen LogP contribution in [0.5, 0.6) is 0 Å². The first kappa shape index (κ1) is 17.3. The van der Waals surface area contributed by atoms with Crippen LogP contribution in [0.4, 0.5) is 0 Å². The molecule has 2 heterocycles. The molecule has 0 aliphatic carbocycles. The van der Waals surface area contributed by atoms with E-state index in [0.29, 0.717) is 12.1 Å². The molecule has 0 spiro atoms. The van der Waals surface area contributed by atoms with Crippen LogP contribution in [0.25, 0.3) is 16.6 Å². The lowest BCUT2D eigenvalue weighted by Crippen LogP contribution is -2.19. The lowest BCUT2D eigenvalue weighted by Gasteiger charge is -2.06. The number of carbonyl (C=O) groups excluding carboxylic acids is 1. The highest BCUT2D eigenvalue weighted by atomic mass is 16.1. The Morgan fingerprint density at radius 3 is 3.00 bits per heavy atom. The van der Waals surface area contributed by atoms with Gasteiger partial charge in [-0.15, -0.1) is 0 Å². The van der Waals surface area contributed by atoms with Crippen molar-refractivity contribution in [1.82, 2.24) is 15.3 Å². The number of hydrogen-bond donors (Lipinski definition) is 2. The summed E-state index contributed by atoms with van der Waals surface area (Å²) in [4.78, 5) is 19.3. The minimum absolute atomic E-state index is 0.307. The Morgan fingerprint density at radius 2 is 2.29 bits per heavy atom. The van der Waals surface area contributed by atoms with E-state index in [9.17, 15) is 4.79 Å². The number of fused-ring (bicyclic) bond motifs is 1. The molecule has 24 heavy (non-hydrogen) atoms. The molecule has 0 atom stereocenters. The number of H-pyrrole nitrogens is 1. The Kier molecular flexibility index (Phi) is 5.75. The standard InChI is InChI=1S/C20H21N3O/c1-5-7-9-19(24)23-15(4)10-16(8-6-2)17-11-18-14(3)12-21-20(18)22-13-17/h6,8,10-13H,2,5H2,1,3-4H3,(H,21,22)(H,23,24)/b15-10+,16-8+. The third kappa shape index (κ3) is 4.23. The molecule has 0 saturated carbocycles. The van der Waals surface area contributed by atoms with Crippen molar-refractivity contribution >= 4 is 22.5 Å². The van der Waals surface area contributed by atoms with E-state index in [-0.39, 0.29) is 5.91 Å². The number of aromatic amines is 1. The second-order valence-electron chi connectivity index (χ2n) is 5.39. The van der Waals surface area contributed by atoms with Gasteiger partial charge in [0.15, 0.2) is 0 Å². The van der Waals surface area contributed by atoms with Gasteiger partial charge in [-0.3, -0.25) is 4.79 Å². The summed E-state index contributed by atoms with van der Waals surface area (Å²) in [5.41, 5.74) is 4.59. The first-order valence-electron chi connectivity index (χ1n) is 7.80. The van der Waals surface area contributed by atoms with E-state index in [2.05, 4.69) is 39.8 Å². The average molecular weight is 319 g/mol. The van der Waals surface area contributed by atoms with E-state index in [4.69, 9.17) is 0 Å². The Hall–Kier alpha value is -3.06. The van der Waals surface area contributed by atoms with E-state index in [1.54, 1.807) is 12.3 Å². The zero-order valence-corrected chi connectivity index (χ0v) is 14.2. The number of nitrogens with zero attached hydrogens (tertiary/aromatic N) is 1. The number of amides is 1. The van der Waals surface area contributed by atoms with E-state index >= 15 is 0 Å². The monoisotopic (exact) mass is 319 g/mol. The molecule has 0 unspecified atom stereocenters.